The third-order valence-electron chi connectivity index (χ3n) is 3.45. The van der Waals surface area contributed by atoms with Crippen LogP contribution < -0.4 is 10.6 Å². The Bertz CT molecular complexity index is 580. The maximum absolute atomic E-state index is 12.0. The molecule has 0 fully saturated rings. The predicted octanol–water partition coefficient (Wildman–Crippen LogP) is 2.07. The second-order valence-electron chi connectivity index (χ2n) is 5.14. The standard InChI is InChI=1S/C16H18N2O3/c1-16(10-6-5-9-13(16)14(19)20)18-15(21)17-11-12-7-3-2-4-8-12/h2-10,13H,11H2,1H3,(H,19,20)(H2,17,18,21). The Morgan fingerprint density at radius 1 is 1.24 bits per heavy atom. The zero-order chi connectivity index (χ0) is 15.3. The number of allylic oxidation sites excluding steroid dienone is 2. The van der Waals surface area contributed by atoms with E-state index in [1.54, 1.807) is 31.2 Å². The quantitative estimate of drug-likeness (QED) is 0.793. The Hall–Kier alpha value is -2.56. The molecule has 0 radical (unpaired) electrons. The van der Waals surface area contributed by atoms with Gasteiger partial charge in [-0.2, -0.15) is 0 Å². The fourth-order valence-electron chi connectivity index (χ4n) is 2.26. The lowest BCUT2D eigenvalue weighted by atomic mass is 9.82. The van der Waals surface area contributed by atoms with Crippen LogP contribution in [0.25, 0.3) is 0 Å². The van der Waals surface area contributed by atoms with E-state index in [1.165, 1.54) is 0 Å². The van der Waals surface area contributed by atoms with Gasteiger partial charge in [-0.05, 0) is 12.5 Å². The number of hydrogen-bond donors (Lipinski definition) is 3. The molecule has 2 amide bonds. The average Bonchev–Trinajstić information content (AvgIpc) is 2.46. The van der Waals surface area contributed by atoms with E-state index < -0.39 is 23.5 Å². The second kappa shape index (κ2) is 6.26. The lowest BCUT2D eigenvalue weighted by Gasteiger charge is -2.33. The van der Waals surface area contributed by atoms with Crippen molar-refractivity contribution in [3.63, 3.8) is 0 Å². The van der Waals surface area contributed by atoms with Gasteiger partial charge < -0.3 is 15.7 Å². The topological polar surface area (TPSA) is 78.4 Å². The maximum atomic E-state index is 12.0. The Labute approximate surface area is 123 Å². The number of urea groups is 1. The van der Waals surface area contributed by atoms with Gasteiger partial charge in [0.15, 0.2) is 0 Å². The second-order valence-corrected chi connectivity index (χ2v) is 5.14. The summed E-state index contributed by atoms with van der Waals surface area (Å²) in [6.07, 6.45) is 6.66. The van der Waals surface area contributed by atoms with Crippen molar-refractivity contribution in [3.8, 4) is 0 Å². The summed E-state index contributed by atoms with van der Waals surface area (Å²) in [6.45, 7) is 2.08. The number of hydrogen-bond acceptors (Lipinski definition) is 2. The molecule has 2 unspecified atom stereocenters. The molecule has 1 aliphatic carbocycles. The van der Waals surface area contributed by atoms with Crippen LogP contribution in [0.5, 0.6) is 0 Å². The van der Waals surface area contributed by atoms with Crippen LogP contribution >= 0.6 is 0 Å². The van der Waals surface area contributed by atoms with Crippen molar-refractivity contribution in [2.24, 2.45) is 5.92 Å². The van der Waals surface area contributed by atoms with E-state index in [2.05, 4.69) is 10.6 Å². The monoisotopic (exact) mass is 286 g/mol. The van der Waals surface area contributed by atoms with Crippen LogP contribution in [0.4, 0.5) is 4.79 Å². The molecule has 1 aromatic carbocycles. The molecule has 0 bridgehead atoms. The van der Waals surface area contributed by atoms with E-state index in [0.29, 0.717) is 6.54 Å². The first-order valence-corrected chi connectivity index (χ1v) is 6.70. The first-order valence-electron chi connectivity index (χ1n) is 6.70. The van der Waals surface area contributed by atoms with Crippen molar-refractivity contribution < 1.29 is 14.7 Å². The van der Waals surface area contributed by atoms with Crippen molar-refractivity contribution in [2.75, 3.05) is 0 Å². The minimum Gasteiger partial charge on any atom is -0.481 e. The van der Waals surface area contributed by atoms with Gasteiger partial charge in [-0.25, -0.2) is 4.79 Å². The van der Waals surface area contributed by atoms with E-state index in [9.17, 15) is 14.7 Å². The summed E-state index contributed by atoms with van der Waals surface area (Å²) in [7, 11) is 0. The number of carboxylic acids is 1. The number of nitrogens with one attached hydrogen (secondary N) is 2. The van der Waals surface area contributed by atoms with Gasteiger partial charge in [0.1, 0.15) is 5.92 Å². The Balaban J connectivity index is 1.96. The van der Waals surface area contributed by atoms with E-state index in [4.69, 9.17) is 0 Å². The average molecular weight is 286 g/mol. The molecule has 0 saturated carbocycles. The molecular weight excluding hydrogens is 268 g/mol. The van der Waals surface area contributed by atoms with Crippen molar-refractivity contribution in [1.29, 1.82) is 0 Å². The number of aliphatic carboxylic acids is 1. The fourth-order valence-corrected chi connectivity index (χ4v) is 2.26. The SMILES string of the molecule is CC1(NC(=O)NCc2ccccc2)C=CC=CC1C(=O)O. The molecule has 1 aliphatic rings. The van der Waals surface area contributed by atoms with Crippen molar-refractivity contribution in [1.82, 2.24) is 10.6 Å². The van der Waals surface area contributed by atoms with Gasteiger partial charge in [-0.15, -0.1) is 0 Å². The van der Waals surface area contributed by atoms with Gasteiger partial charge in [-0.3, -0.25) is 4.79 Å². The van der Waals surface area contributed by atoms with E-state index >= 15 is 0 Å². The van der Waals surface area contributed by atoms with Crippen molar-refractivity contribution >= 4 is 12.0 Å². The number of rotatable bonds is 4. The minimum atomic E-state index is -0.971. The normalized spacial score (nSPS) is 23.6. The molecule has 3 N–H and O–H groups in total. The first-order chi connectivity index (χ1) is 10.0. The smallest absolute Gasteiger partial charge is 0.315 e. The van der Waals surface area contributed by atoms with E-state index in [1.807, 2.05) is 30.3 Å². The first kappa shape index (κ1) is 14.8. The van der Waals surface area contributed by atoms with Gasteiger partial charge in [0, 0.05) is 6.54 Å². The number of carboxylic acid groups (broad SMARTS) is 1. The van der Waals surface area contributed by atoms with Crippen LogP contribution in [-0.4, -0.2) is 22.6 Å². The molecule has 0 saturated heterocycles. The van der Waals surface area contributed by atoms with Crippen LogP contribution in [-0.2, 0) is 11.3 Å². The summed E-state index contributed by atoms with van der Waals surface area (Å²) in [4.78, 5) is 23.3. The maximum Gasteiger partial charge on any atom is 0.315 e. The molecular formula is C16H18N2O3. The molecule has 5 heteroatoms. The highest BCUT2D eigenvalue weighted by molar-refractivity contribution is 5.80. The Kier molecular flexibility index (Phi) is 4.42. The number of benzene rings is 1. The van der Waals surface area contributed by atoms with Crippen LogP contribution in [0.1, 0.15) is 12.5 Å². The molecule has 0 aliphatic heterocycles. The van der Waals surface area contributed by atoms with Crippen molar-refractivity contribution in [3.05, 3.63) is 60.2 Å². The molecule has 0 heterocycles. The van der Waals surface area contributed by atoms with Crippen LogP contribution in [0, 0.1) is 5.92 Å². The van der Waals surface area contributed by atoms with Crippen LogP contribution in [0.15, 0.2) is 54.6 Å². The molecule has 110 valence electrons. The van der Waals surface area contributed by atoms with Gasteiger partial charge >= 0.3 is 12.0 Å². The lowest BCUT2D eigenvalue weighted by molar-refractivity contribution is -0.141. The molecule has 21 heavy (non-hydrogen) atoms. The summed E-state index contributed by atoms with van der Waals surface area (Å²) in [5.41, 5.74) is 0.0353. The molecule has 1 aromatic rings. The van der Waals surface area contributed by atoms with Gasteiger partial charge in [-0.1, -0.05) is 54.6 Å². The highest BCUT2D eigenvalue weighted by Crippen LogP contribution is 2.24. The van der Waals surface area contributed by atoms with Crippen molar-refractivity contribution in [2.45, 2.75) is 19.0 Å². The fraction of sp³-hybridized carbons (Fsp3) is 0.250. The number of carbonyl (C=O) groups excluding carboxylic acids is 1. The summed E-state index contributed by atoms with van der Waals surface area (Å²) in [6, 6.07) is 9.11. The largest absolute Gasteiger partial charge is 0.481 e. The minimum absolute atomic E-state index is 0.389. The zero-order valence-electron chi connectivity index (χ0n) is 11.7. The Morgan fingerprint density at radius 2 is 1.95 bits per heavy atom. The predicted molar refractivity (Wildman–Crippen MR) is 79.6 cm³/mol. The molecule has 2 atom stereocenters. The summed E-state index contributed by atoms with van der Waals surface area (Å²) < 4.78 is 0. The molecule has 2 rings (SSSR count). The summed E-state index contributed by atoms with van der Waals surface area (Å²) >= 11 is 0. The van der Waals surface area contributed by atoms with E-state index in [0.717, 1.165) is 5.56 Å². The van der Waals surface area contributed by atoms with Gasteiger partial charge in [0.2, 0.25) is 0 Å². The van der Waals surface area contributed by atoms with E-state index in [-0.39, 0.29) is 0 Å². The number of carbonyl (C=O) groups is 2. The number of amides is 2. The summed E-state index contributed by atoms with van der Waals surface area (Å²) in [5.74, 6) is -1.76. The molecule has 0 aromatic heterocycles. The van der Waals surface area contributed by atoms with Gasteiger partial charge in [0.25, 0.3) is 0 Å². The highest BCUT2D eigenvalue weighted by atomic mass is 16.4. The third kappa shape index (κ3) is 3.72. The van der Waals surface area contributed by atoms with Crippen LogP contribution in [0.3, 0.4) is 0 Å². The Morgan fingerprint density at radius 3 is 2.62 bits per heavy atom. The van der Waals surface area contributed by atoms with Crippen LogP contribution in [0.2, 0.25) is 0 Å². The van der Waals surface area contributed by atoms with Gasteiger partial charge in [0.05, 0.1) is 5.54 Å². The molecule has 5 nitrogen and oxygen atoms in total. The highest BCUT2D eigenvalue weighted by Gasteiger charge is 2.37. The third-order valence-corrected chi connectivity index (χ3v) is 3.45. The lowest BCUT2D eigenvalue weighted by Crippen LogP contribution is -2.55. The zero-order valence-corrected chi connectivity index (χ0v) is 11.7. The summed E-state index contributed by atoms with van der Waals surface area (Å²) in [5, 5.41) is 14.7. The molecule has 0 spiro atoms.